The van der Waals surface area contributed by atoms with Crippen LogP contribution in [0.15, 0.2) is 34.7 Å². The van der Waals surface area contributed by atoms with Crippen LogP contribution in [0.1, 0.15) is 31.4 Å². The number of furan rings is 1. The van der Waals surface area contributed by atoms with Gasteiger partial charge in [-0.1, -0.05) is 31.0 Å². The summed E-state index contributed by atoms with van der Waals surface area (Å²) < 4.78 is 5.69. The number of benzene rings is 1. The van der Waals surface area contributed by atoms with Crippen LogP contribution < -0.4 is 5.48 Å². The summed E-state index contributed by atoms with van der Waals surface area (Å²) in [6, 6.07) is 10.1. The van der Waals surface area contributed by atoms with Crippen LogP contribution in [-0.2, 0) is 11.4 Å². The van der Waals surface area contributed by atoms with Crippen LogP contribution >= 0.6 is 0 Å². The molecule has 0 bridgehead atoms. The molecular weight excluding hydrogens is 214 g/mol. The Kier molecular flexibility index (Phi) is 3.12. The van der Waals surface area contributed by atoms with Crippen molar-refractivity contribution >= 4 is 11.0 Å². The van der Waals surface area contributed by atoms with E-state index in [0.29, 0.717) is 12.6 Å². The van der Waals surface area contributed by atoms with Crippen LogP contribution in [-0.4, -0.2) is 6.10 Å². The molecule has 1 aromatic carbocycles. The van der Waals surface area contributed by atoms with E-state index < -0.39 is 0 Å². The van der Waals surface area contributed by atoms with Gasteiger partial charge in [0.05, 0.1) is 12.6 Å². The van der Waals surface area contributed by atoms with E-state index in [0.717, 1.165) is 16.7 Å². The molecule has 3 nitrogen and oxygen atoms in total. The number of nitrogens with one attached hydrogen (secondary N) is 1. The van der Waals surface area contributed by atoms with Crippen LogP contribution in [0, 0.1) is 0 Å². The summed E-state index contributed by atoms with van der Waals surface area (Å²) in [6.45, 7) is 0.630. The number of para-hydroxylation sites is 1. The van der Waals surface area contributed by atoms with Gasteiger partial charge in [0.25, 0.3) is 0 Å². The zero-order chi connectivity index (χ0) is 11.5. The monoisotopic (exact) mass is 231 g/mol. The topological polar surface area (TPSA) is 34.4 Å². The Balaban J connectivity index is 1.57. The lowest BCUT2D eigenvalue weighted by molar-refractivity contribution is -0.0266. The molecule has 1 aromatic heterocycles. The smallest absolute Gasteiger partial charge is 0.134 e. The van der Waals surface area contributed by atoms with Crippen molar-refractivity contribution in [3.05, 3.63) is 36.1 Å². The lowest BCUT2D eigenvalue weighted by Gasteiger charge is -2.10. The highest BCUT2D eigenvalue weighted by Crippen LogP contribution is 2.21. The van der Waals surface area contributed by atoms with Gasteiger partial charge in [-0.05, 0) is 25.0 Å². The lowest BCUT2D eigenvalue weighted by atomic mass is 10.2. The van der Waals surface area contributed by atoms with Gasteiger partial charge in [0, 0.05) is 5.39 Å². The second kappa shape index (κ2) is 4.90. The summed E-state index contributed by atoms with van der Waals surface area (Å²) in [5.74, 6) is 0.921. The Morgan fingerprint density at radius 3 is 2.88 bits per heavy atom. The second-order valence-electron chi connectivity index (χ2n) is 4.60. The van der Waals surface area contributed by atoms with E-state index in [1.165, 1.54) is 25.7 Å². The molecule has 0 spiro atoms. The first-order valence-electron chi connectivity index (χ1n) is 6.28. The van der Waals surface area contributed by atoms with Crippen molar-refractivity contribution in [3.63, 3.8) is 0 Å². The fraction of sp³-hybridized carbons (Fsp3) is 0.429. The van der Waals surface area contributed by atoms with Crippen LogP contribution in [0.3, 0.4) is 0 Å². The number of hydroxylamine groups is 1. The molecule has 0 unspecified atom stereocenters. The van der Waals surface area contributed by atoms with E-state index in [2.05, 4.69) is 17.6 Å². The zero-order valence-corrected chi connectivity index (χ0v) is 9.82. The third-order valence-electron chi connectivity index (χ3n) is 3.28. The minimum atomic E-state index is 0.388. The first-order valence-corrected chi connectivity index (χ1v) is 6.28. The normalized spacial score (nSPS) is 16.9. The fourth-order valence-corrected chi connectivity index (χ4v) is 2.36. The van der Waals surface area contributed by atoms with Crippen LogP contribution in [0.4, 0.5) is 0 Å². The van der Waals surface area contributed by atoms with Gasteiger partial charge < -0.3 is 4.42 Å². The van der Waals surface area contributed by atoms with Gasteiger partial charge in [0.15, 0.2) is 0 Å². The summed E-state index contributed by atoms with van der Waals surface area (Å²) in [6.07, 6.45) is 5.31. The molecule has 0 atom stereocenters. The SMILES string of the molecule is c1ccc2oc(CNOC3CCCC3)cc2c1. The highest BCUT2D eigenvalue weighted by atomic mass is 16.7. The zero-order valence-electron chi connectivity index (χ0n) is 9.82. The minimum absolute atomic E-state index is 0.388. The van der Waals surface area contributed by atoms with Crippen LogP contribution in [0.5, 0.6) is 0 Å². The number of rotatable bonds is 4. The molecule has 0 radical (unpaired) electrons. The molecule has 1 aliphatic carbocycles. The van der Waals surface area contributed by atoms with E-state index >= 15 is 0 Å². The maximum absolute atomic E-state index is 5.69. The van der Waals surface area contributed by atoms with Gasteiger partial charge in [-0.25, -0.2) is 0 Å². The van der Waals surface area contributed by atoms with E-state index in [9.17, 15) is 0 Å². The highest BCUT2D eigenvalue weighted by molar-refractivity contribution is 5.77. The van der Waals surface area contributed by atoms with Crippen molar-refractivity contribution < 1.29 is 9.25 Å². The van der Waals surface area contributed by atoms with E-state index in [1.807, 2.05) is 18.2 Å². The molecule has 3 rings (SSSR count). The van der Waals surface area contributed by atoms with Gasteiger partial charge in [-0.2, -0.15) is 5.48 Å². The molecule has 2 aromatic rings. The Hall–Kier alpha value is -1.32. The summed E-state index contributed by atoms with van der Waals surface area (Å²) in [5.41, 5.74) is 3.95. The molecule has 1 saturated carbocycles. The Morgan fingerprint density at radius 1 is 1.24 bits per heavy atom. The molecule has 1 aliphatic rings. The Morgan fingerprint density at radius 2 is 2.06 bits per heavy atom. The quantitative estimate of drug-likeness (QED) is 0.819. The maximum atomic E-state index is 5.69. The van der Waals surface area contributed by atoms with Gasteiger partial charge in [0.1, 0.15) is 11.3 Å². The molecule has 3 heteroatoms. The summed E-state index contributed by atoms with van der Waals surface area (Å²) in [5, 5.41) is 1.14. The standard InChI is InChI=1S/C14H17NO2/c1-4-8-14-11(5-1)9-13(16-14)10-15-17-12-6-2-3-7-12/h1,4-5,8-9,12,15H,2-3,6-7,10H2. The van der Waals surface area contributed by atoms with Gasteiger partial charge >= 0.3 is 0 Å². The second-order valence-corrected chi connectivity index (χ2v) is 4.60. The number of hydrogen-bond donors (Lipinski definition) is 1. The minimum Gasteiger partial charge on any atom is -0.460 e. The van der Waals surface area contributed by atoms with Crippen molar-refractivity contribution in [2.75, 3.05) is 0 Å². The fourth-order valence-electron chi connectivity index (χ4n) is 2.36. The Bertz CT molecular complexity index is 453. The van der Waals surface area contributed by atoms with Gasteiger partial charge in [-0.15, -0.1) is 0 Å². The van der Waals surface area contributed by atoms with Crippen molar-refractivity contribution in [2.45, 2.75) is 38.3 Å². The number of fused-ring (bicyclic) bond motifs is 1. The summed E-state index contributed by atoms with van der Waals surface area (Å²) in [4.78, 5) is 5.59. The largest absolute Gasteiger partial charge is 0.460 e. The molecule has 0 amide bonds. The van der Waals surface area contributed by atoms with Crippen molar-refractivity contribution in [1.82, 2.24) is 5.48 Å². The van der Waals surface area contributed by atoms with E-state index in [-0.39, 0.29) is 0 Å². The third kappa shape index (κ3) is 2.51. The number of hydrogen-bond acceptors (Lipinski definition) is 3. The van der Waals surface area contributed by atoms with Crippen molar-refractivity contribution in [3.8, 4) is 0 Å². The Labute approximate surface area is 101 Å². The average Bonchev–Trinajstić information content (AvgIpc) is 2.96. The molecule has 90 valence electrons. The molecule has 17 heavy (non-hydrogen) atoms. The average molecular weight is 231 g/mol. The van der Waals surface area contributed by atoms with Crippen molar-refractivity contribution in [2.24, 2.45) is 0 Å². The summed E-state index contributed by atoms with van der Waals surface area (Å²) >= 11 is 0. The predicted molar refractivity (Wildman–Crippen MR) is 66.4 cm³/mol. The van der Waals surface area contributed by atoms with Crippen molar-refractivity contribution in [1.29, 1.82) is 0 Å². The lowest BCUT2D eigenvalue weighted by Crippen LogP contribution is -2.20. The molecule has 1 fully saturated rings. The van der Waals surface area contributed by atoms with Crippen LogP contribution in [0.2, 0.25) is 0 Å². The molecule has 1 heterocycles. The van der Waals surface area contributed by atoms with E-state index in [1.54, 1.807) is 0 Å². The molecular formula is C14H17NO2. The predicted octanol–water partition coefficient (Wildman–Crippen LogP) is 3.40. The molecule has 0 aliphatic heterocycles. The first-order chi connectivity index (χ1) is 8.42. The summed E-state index contributed by atoms with van der Waals surface area (Å²) in [7, 11) is 0. The van der Waals surface area contributed by atoms with E-state index in [4.69, 9.17) is 9.25 Å². The molecule has 1 N–H and O–H groups in total. The highest BCUT2D eigenvalue weighted by Gasteiger charge is 2.15. The first kappa shape index (κ1) is 10.8. The van der Waals surface area contributed by atoms with Gasteiger partial charge in [-0.3, -0.25) is 4.84 Å². The van der Waals surface area contributed by atoms with Crippen LogP contribution in [0.25, 0.3) is 11.0 Å². The molecule has 0 saturated heterocycles. The third-order valence-corrected chi connectivity index (χ3v) is 3.28. The van der Waals surface area contributed by atoms with Gasteiger partial charge in [0.2, 0.25) is 0 Å². The maximum Gasteiger partial charge on any atom is 0.134 e.